The fourth-order valence-electron chi connectivity index (χ4n) is 2.31. The van der Waals surface area contributed by atoms with Crippen LogP contribution in [0.3, 0.4) is 0 Å². The third-order valence-corrected chi connectivity index (χ3v) is 3.60. The molecule has 19 heavy (non-hydrogen) atoms. The van der Waals surface area contributed by atoms with Crippen molar-refractivity contribution in [3.8, 4) is 11.5 Å². The molecule has 1 saturated carbocycles. The molecule has 0 saturated heterocycles. The average Bonchev–Trinajstić information content (AvgIpc) is 3.02. The van der Waals surface area contributed by atoms with Gasteiger partial charge in [0.15, 0.2) is 17.3 Å². The summed E-state index contributed by atoms with van der Waals surface area (Å²) in [5, 5.41) is 8.13. The molecule has 2 aromatic heterocycles. The molecule has 1 aliphatic rings. The van der Waals surface area contributed by atoms with Crippen molar-refractivity contribution in [3.05, 3.63) is 23.2 Å². The Morgan fingerprint density at radius 1 is 1.32 bits per heavy atom. The second-order valence-corrected chi connectivity index (χ2v) is 5.05. The molecule has 0 spiro atoms. The van der Waals surface area contributed by atoms with E-state index in [-0.39, 0.29) is 5.82 Å². The first-order chi connectivity index (χ1) is 9.25. The molecule has 1 fully saturated rings. The quantitative estimate of drug-likeness (QED) is 0.777. The van der Waals surface area contributed by atoms with E-state index in [1.54, 1.807) is 0 Å². The summed E-state index contributed by atoms with van der Waals surface area (Å²) in [4.78, 5) is 4.57. The molecular formula is C12H10ClN5O. The molecule has 0 unspecified atom stereocenters. The Hall–Kier alpha value is -2.08. The molecule has 0 radical (unpaired) electrons. The lowest BCUT2D eigenvalue weighted by Crippen LogP contribution is -2.00. The minimum absolute atomic E-state index is 0.244. The third-order valence-electron chi connectivity index (χ3n) is 3.30. The lowest BCUT2D eigenvalue weighted by atomic mass is 10.3. The topological polar surface area (TPSA) is 82.8 Å². The summed E-state index contributed by atoms with van der Waals surface area (Å²) in [5.41, 5.74) is 7.99. The minimum Gasteiger partial charge on any atom is -0.379 e. The van der Waals surface area contributed by atoms with Gasteiger partial charge in [0, 0.05) is 6.04 Å². The molecule has 2 N–H and O–H groups in total. The lowest BCUT2D eigenvalue weighted by Gasteiger charge is -2.06. The number of halogens is 1. The highest BCUT2D eigenvalue weighted by molar-refractivity contribution is 6.35. The highest BCUT2D eigenvalue weighted by atomic mass is 35.5. The second-order valence-electron chi connectivity index (χ2n) is 4.64. The Kier molecular flexibility index (Phi) is 2.11. The van der Waals surface area contributed by atoms with Gasteiger partial charge in [-0.05, 0) is 35.3 Å². The van der Waals surface area contributed by atoms with Gasteiger partial charge in [-0.1, -0.05) is 17.7 Å². The lowest BCUT2D eigenvalue weighted by molar-refractivity contribution is 0.310. The van der Waals surface area contributed by atoms with E-state index in [1.165, 1.54) is 0 Å². The average molecular weight is 276 g/mol. The maximum Gasteiger partial charge on any atom is 0.199 e. The molecule has 0 amide bonds. The van der Waals surface area contributed by atoms with Crippen molar-refractivity contribution in [1.29, 1.82) is 0 Å². The van der Waals surface area contributed by atoms with Crippen LogP contribution in [-0.4, -0.2) is 19.9 Å². The number of nitrogens with zero attached hydrogens (tertiary/aromatic N) is 4. The molecule has 1 aliphatic carbocycles. The van der Waals surface area contributed by atoms with Gasteiger partial charge in [-0.2, -0.15) is 0 Å². The van der Waals surface area contributed by atoms with Crippen LogP contribution >= 0.6 is 11.6 Å². The predicted molar refractivity (Wildman–Crippen MR) is 70.7 cm³/mol. The van der Waals surface area contributed by atoms with Crippen LogP contribution in [0, 0.1) is 0 Å². The van der Waals surface area contributed by atoms with Gasteiger partial charge < -0.3 is 10.3 Å². The SMILES string of the molecule is Nc1nonc1-c1nc2cccc(Cl)c2n1C1CC1. The molecule has 6 nitrogen and oxygen atoms in total. The van der Waals surface area contributed by atoms with Crippen LogP contribution in [0.5, 0.6) is 0 Å². The number of rotatable bonds is 2. The van der Waals surface area contributed by atoms with Gasteiger partial charge in [-0.25, -0.2) is 9.61 Å². The van der Waals surface area contributed by atoms with Crippen LogP contribution < -0.4 is 5.73 Å². The number of nitrogen functional groups attached to an aromatic ring is 1. The number of hydrogen-bond donors (Lipinski definition) is 1. The maximum atomic E-state index is 6.30. The van der Waals surface area contributed by atoms with E-state index in [0.717, 1.165) is 23.9 Å². The van der Waals surface area contributed by atoms with Crippen molar-refractivity contribution in [2.75, 3.05) is 5.73 Å². The minimum atomic E-state index is 0.244. The third kappa shape index (κ3) is 1.53. The van der Waals surface area contributed by atoms with E-state index in [1.807, 2.05) is 18.2 Å². The van der Waals surface area contributed by atoms with E-state index >= 15 is 0 Å². The summed E-state index contributed by atoms with van der Waals surface area (Å²) >= 11 is 6.30. The summed E-state index contributed by atoms with van der Waals surface area (Å²) in [5.74, 6) is 0.915. The van der Waals surface area contributed by atoms with E-state index in [2.05, 4.69) is 24.5 Å². The Morgan fingerprint density at radius 3 is 2.84 bits per heavy atom. The monoisotopic (exact) mass is 275 g/mol. The first kappa shape index (κ1) is 10.8. The van der Waals surface area contributed by atoms with Gasteiger partial charge in [-0.3, -0.25) is 0 Å². The molecular weight excluding hydrogens is 266 g/mol. The second kappa shape index (κ2) is 3.71. The first-order valence-corrected chi connectivity index (χ1v) is 6.38. The number of para-hydroxylation sites is 1. The number of anilines is 1. The van der Waals surface area contributed by atoms with Crippen molar-refractivity contribution in [3.63, 3.8) is 0 Å². The highest BCUT2D eigenvalue weighted by Crippen LogP contribution is 2.43. The van der Waals surface area contributed by atoms with E-state index in [0.29, 0.717) is 22.6 Å². The molecule has 1 aromatic carbocycles. The number of hydrogen-bond acceptors (Lipinski definition) is 5. The smallest absolute Gasteiger partial charge is 0.199 e. The van der Waals surface area contributed by atoms with Crippen LogP contribution in [0.2, 0.25) is 5.02 Å². The Morgan fingerprint density at radius 2 is 2.16 bits per heavy atom. The summed E-state index contributed by atoms with van der Waals surface area (Å²) in [6, 6.07) is 6.06. The molecule has 0 atom stereocenters. The number of imidazole rings is 1. The predicted octanol–water partition coefficient (Wildman–Crippen LogP) is 2.66. The fourth-order valence-corrected chi connectivity index (χ4v) is 2.57. The van der Waals surface area contributed by atoms with Gasteiger partial charge in [0.1, 0.15) is 0 Å². The Labute approximate surface area is 113 Å². The van der Waals surface area contributed by atoms with Crippen molar-refractivity contribution in [2.24, 2.45) is 0 Å². The van der Waals surface area contributed by atoms with Crippen LogP contribution in [0.15, 0.2) is 22.8 Å². The summed E-state index contributed by atoms with van der Waals surface area (Å²) in [7, 11) is 0. The summed E-state index contributed by atoms with van der Waals surface area (Å²) in [6.45, 7) is 0. The first-order valence-electron chi connectivity index (χ1n) is 6.00. The van der Waals surface area contributed by atoms with Gasteiger partial charge in [0.25, 0.3) is 0 Å². The highest BCUT2D eigenvalue weighted by Gasteiger charge is 2.31. The van der Waals surface area contributed by atoms with Crippen molar-refractivity contribution in [1.82, 2.24) is 19.9 Å². The molecule has 2 heterocycles. The molecule has 7 heteroatoms. The number of aromatic nitrogens is 4. The largest absolute Gasteiger partial charge is 0.379 e. The van der Waals surface area contributed by atoms with Gasteiger partial charge in [0.05, 0.1) is 16.1 Å². The van der Waals surface area contributed by atoms with Gasteiger partial charge in [-0.15, -0.1) is 0 Å². The molecule has 0 bridgehead atoms. The molecule has 0 aliphatic heterocycles. The van der Waals surface area contributed by atoms with Crippen LogP contribution in [0.25, 0.3) is 22.6 Å². The van der Waals surface area contributed by atoms with Gasteiger partial charge >= 0.3 is 0 Å². The summed E-state index contributed by atoms with van der Waals surface area (Å²) in [6.07, 6.45) is 2.21. The number of nitrogens with two attached hydrogens (primary N) is 1. The Bertz CT molecular complexity index is 774. The maximum absolute atomic E-state index is 6.30. The normalized spacial score (nSPS) is 15.2. The van der Waals surface area contributed by atoms with Crippen molar-refractivity contribution < 1.29 is 4.63 Å². The van der Waals surface area contributed by atoms with E-state index < -0.39 is 0 Å². The molecule has 3 aromatic rings. The number of fused-ring (bicyclic) bond motifs is 1. The van der Waals surface area contributed by atoms with Crippen molar-refractivity contribution >= 4 is 28.5 Å². The Balaban J connectivity index is 2.08. The van der Waals surface area contributed by atoms with E-state index in [9.17, 15) is 0 Å². The van der Waals surface area contributed by atoms with Crippen LogP contribution in [0.1, 0.15) is 18.9 Å². The van der Waals surface area contributed by atoms with Crippen LogP contribution in [0.4, 0.5) is 5.82 Å². The zero-order valence-corrected chi connectivity index (χ0v) is 10.6. The fraction of sp³-hybridized carbons (Fsp3) is 0.250. The van der Waals surface area contributed by atoms with E-state index in [4.69, 9.17) is 17.3 Å². The zero-order valence-electron chi connectivity index (χ0n) is 9.88. The zero-order chi connectivity index (χ0) is 13.0. The van der Waals surface area contributed by atoms with Crippen molar-refractivity contribution in [2.45, 2.75) is 18.9 Å². The van der Waals surface area contributed by atoms with Crippen LogP contribution in [-0.2, 0) is 0 Å². The number of benzene rings is 1. The summed E-state index contributed by atoms with van der Waals surface area (Å²) < 4.78 is 6.76. The van der Waals surface area contributed by atoms with Gasteiger partial charge in [0.2, 0.25) is 0 Å². The molecule has 96 valence electrons. The standard InChI is InChI=1S/C12H10ClN5O/c13-7-2-1-3-8-10(7)18(6-4-5-6)12(15-8)9-11(14)17-19-16-9/h1-3,6H,4-5H2,(H2,14,17). The molecule has 4 rings (SSSR count).